The second-order valence-electron chi connectivity index (χ2n) is 6.88. The molecule has 0 saturated heterocycles. The van der Waals surface area contributed by atoms with Crippen LogP contribution in [0.5, 0.6) is 0 Å². The van der Waals surface area contributed by atoms with Crippen molar-refractivity contribution in [1.29, 1.82) is 0 Å². The molecule has 0 bridgehead atoms. The van der Waals surface area contributed by atoms with Gasteiger partial charge in [0.2, 0.25) is 0 Å². The number of alkyl halides is 1. The van der Waals surface area contributed by atoms with Crippen LogP contribution in [0.1, 0.15) is 66.7 Å². The lowest BCUT2D eigenvalue weighted by molar-refractivity contribution is 0.0327. The second-order valence-corrected chi connectivity index (χ2v) is 6.88. The van der Waals surface area contributed by atoms with Crippen LogP contribution in [-0.4, -0.2) is 6.17 Å². The lowest BCUT2D eigenvalue weighted by atomic mass is 9.66. The van der Waals surface area contributed by atoms with Gasteiger partial charge in [-0.05, 0) is 42.4 Å². The van der Waals surface area contributed by atoms with Crippen LogP contribution in [0.3, 0.4) is 0 Å². The van der Waals surface area contributed by atoms with E-state index in [1.54, 1.807) is 0 Å². The molecule has 1 atom stereocenters. The first kappa shape index (κ1) is 14.0. The molecular weight excluding hydrogens is 199 g/mol. The van der Waals surface area contributed by atoms with E-state index in [0.29, 0.717) is 11.8 Å². The van der Waals surface area contributed by atoms with Crippen LogP contribution in [-0.2, 0) is 0 Å². The van der Waals surface area contributed by atoms with Crippen LogP contribution in [0.25, 0.3) is 0 Å². The van der Waals surface area contributed by atoms with Crippen molar-refractivity contribution in [2.75, 3.05) is 0 Å². The van der Waals surface area contributed by atoms with Crippen LogP contribution in [0.15, 0.2) is 0 Å². The molecule has 1 aliphatic carbocycles. The molecule has 0 aromatic carbocycles. The lowest BCUT2D eigenvalue weighted by Gasteiger charge is -2.41. The molecule has 0 aromatic rings. The third-order valence-corrected chi connectivity index (χ3v) is 4.55. The van der Waals surface area contributed by atoms with Gasteiger partial charge in [0, 0.05) is 0 Å². The van der Waals surface area contributed by atoms with E-state index in [4.69, 9.17) is 0 Å². The zero-order chi connectivity index (χ0) is 12.3. The van der Waals surface area contributed by atoms with Crippen molar-refractivity contribution < 1.29 is 4.39 Å². The number of hydrogen-bond donors (Lipinski definition) is 0. The first-order valence-electron chi connectivity index (χ1n) is 6.98. The maximum Gasteiger partial charge on any atom is 0.106 e. The van der Waals surface area contributed by atoms with E-state index < -0.39 is 6.17 Å². The van der Waals surface area contributed by atoms with Crippen molar-refractivity contribution in [2.24, 2.45) is 23.2 Å². The maximum atomic E-state index is 14.3. The molecule has 1 saturated carbocycles. The molecule has 1 unspecified atom stereocenters. The number of hydrogen-bond acceptors (Lipinski definition) is 0. The summed E-state index contributed by atoms with van der Waals surface area (Å²) in [6.07, 6.45) is 5.13. The minimum atomic E-state index is -0.633. The predicted octanol–water partition coefficient (Wildman–Crippen LogP) is 5.22. The Kier molecular flexibility index (Phi) is 4.82. The molecule has 1 rings (SSSR count). The smallest absolute Gasteiger partial charge is 0.106 e. The molecule has 0 aliphatic heterocycles. The average molecular weight is 228 g/mol. The second kappa shape index (κ2) is 5.51. The molecule has 1 fully saturated rings. The summed E-state index contributed by atoms with van der Waals surface area (Å²) >= 11 is 0. The summed E-state index contributed by atoms with van der Waals surface area (Å²) in [5.41, 5.74) is -0.121. The van der Waals surface area contributed by atoms with Crippen LogP contribution in [0, 0.1) is 23.2 Å². The van der Waals surface area contributed by atoms with E-state index in [1.165, 1.54) is 25.7 Å². The Morgan fingerprint density at radius 3 is 2.06 bits per heavy atom. The van der Waals surface area contributed by atoms with Crippen LogP contribution >= 0.6 is 0 Å². The monoisotopic (exact) mass is 228 g/mol. The molecule has 1 aliphatic rings. The van der Waals surface area contributed by atoms with Crippen LogP contribution in [0.2, 0.25) is 0 Å². The largest absolute Gasteiger partial charge is 0.247 e. The Labute approximate surface area is 101 Å². The van der Waals surface area contributed by atoms with Gasteiger partial charge in [0.05, 0.1) is 0 Å². The van der Waals surface area contributed by atoms with Crippen molar-refractivity contribution >= 4 is 0 Å². The Balaban J connectivity index is 2.55. The fourth-order valence-corrected chi connectivity index (χ4v) is 2.98. The van der Waals surface area contributed by atoms with E-state index in [1.807, 2.05) is 0 Å². The van der Waals surface area contributed by atoms with Gasteiger partial charge in [-0.1, -0.05) is 47.5 Å². The van der Waals surface area contributed by atoms with Crippen molar-refractivity contribution in [3.8, 4) is 0 Å². The fraction of sp³-hybridized carbons (Fsp3) is 1.00. The standard InChI is InChI=1S/C15H29F/c1-11(2)10-14(16)15(4,5)13-8-6-12(3)7-9-13/h11-14H,6-10H2,1-5H3. The summed E-state index contributed by atoms with van der Waals surface area (Å²) in [6, 6.07) is 0. The summed E-state index contributed by atoms with van der Waals surface area (Å²) in [5.74, 6) is 1.92. The number of halogens is 1. The SMILES string of the molecule is CC(C)CC(F)C(C)(C)C1CCC(C)CC1. The molecule has 0 spiro atoms. The van der Waals surface area contributed by atoms with E-state index in [0.717, 1.165) is 12.3 Å². The van der Waals surface area contributed by atoms with Crippen molar-refractivity contribution in [3.63, 3.8) is 0 Å². The molecule has 96 valence electrons. The minimum Gasteiger partial charge on any atom is -0.247 e. The van der Waals surface area contributed by atoms with Gasteiger partial charge >= 0.3 is 0 Å². The molecule has 0 amide bonds. The maximum absolute atomic E-state index is 14.3. The van der Waals surface area contributed by atoms with E-state index in [9.17, 15) is 4.39 Å². The third kappa shape index (κ3) is 3.46. The van der Waals surface area contributed by atoms with E-state index in [-0.39, 0.29) is 5.41 Å². The Morgan fingerprint density at radius 2 is 1.62 bits per heavy atom. The summed E-state index contributed by atoms with van der Waals surface area (Å²) in [7, 11) is 0. The van der Waals surface area contributed by atoms with Gasteiger partial charge in [-0.25, -0.2) is 4.39 Å². The molecular formula is C15H29F. The van der Waals surface area contributed by atoms with Gasteiger partial charge in [0.1, 0.15) is 6.17 Å². The fourth-order valence-electron chi connectivity index (χ4n) is 2.98. The van der Waals surface area contributed by atoms with E-state index in [2.05, 4.69) is 34.6 Å². The topological polar surface area (TPSA) is 0 Å². The molecule has 0 radical (unpaired) electrons. The molecule has 0 nitrogen and oxygen atoms in total. The van der Waals surface area contributed by atoms with Gasteiger partial charge in [0.25, 0.3) is 0 Å². The highest BCUT2D eigenvalue weighted by Gasteiger charge is 2.38. The van der Waals surface area contributed by atoms with Gasteiger partial charge in [-0.3, -0.25) is 0 Å². The molecule has 16 heavy (non-hydrogen) atoms. The van der Waals surface area contributed by atoms with Crippen LogP contribution < -0.4 is 0 Å². The van der Waals surface area contributed by atoms with Crippen molar-refractivity contribution in [2.45, 2.75) is 72.9 Å². The highest BCUT2D eigenvalue weighted by molar-refractivity contribution is 4.88. The zero-order valence-corrected chi connectivity index (χ0v) is 11.7. The first-order chi connectivity index (χ1) is 7.34. The van der Waals surface area contributed by atoms with Crippen molar-refractivity contribution in [1.82, 2.24) is 0 Å². The summed E-state index contributed by atoms with van der Waals surface area (Å²) in [5, 5.41) is 0. The third-order valence-electron chi connectivity index (χ3n) is 4.55. The van der Waals surface area contributed by atoms with Gasteiger partial charge in [0.15, 0.2) is 0 Å². The predicted molar refractivity (Wildman–Crippen MR) is 69.3 cm³/mol. The Hall–Kier alpha value is -0.0700. The molecule has 0 heterocycles. The van der Waals surface area contributed by atoms with Gasteiger partial charge in [-0.15, -0.1) is 0 Å². The van der Waals surface area contributed by atoms with Gasteiger partial charge in [-0.2, -0.15) is 0 Å². The highest BCUT2D eigenvalue weighted by Crippen LogP contribution is 2.44. The average Bonchev–Trinajstić information content (AvgIpc) is 2.17. The van der Waals surface area contributed by atoms with E-state index >= 15 is 0 Å². The summed E-state index contributed by atoms with van der Waals surface area (Å²) in [6.45, 7) is 10.8. The first-order valence-corrected chi connectivity index (χ1v) is 6.98. The number of rotatable bonds is 4. The van der Waals surface area contributed by atoms with Crippen molar-refractivity contribution in [3.05, 3.63) is 0 Å². The summed E-state index contributed by atoms with van der Waals surface area (Å²) in [4.78, 5) is 0. The summed E-state index contributed by atoms with van der Waals surface area (Å²) < 4.78 is 14.3. The zero-order valence-electron chi connectivity index (χ0n) is 11.7. The van der Waals surface area contributed by atoms with Gasteiger partial charge < -0.3 is 0 Å². The molecule has 0 aromatic heterocycles. The highest BCUT2D eigenvalue weighted by atomic mass is 19.1. The molecule has 0 N–H and O–H groups in total. The Morgan fingerprint density at radius 1 is 1.12 bits per heavy atom. The normalized spacial score (nSPS) is 29.4. The minimum absolute atomic E-state index is 0.121. The molecule has 1 heteroatoms. The van der Waals surface area contributed by atoms with Crippen LogP contribution in [0.4, 0.5) is 4.39 Å². The quantitative estimate of drug-likeness (QED) is 0.618. The lowest BCUT2D eigenvalue weighted by Crippen LogP contribution is -2.36. The Bertz CT molecular complexity index is 199.